The van der Waals surface area contributed by atoms with E-state index < -0.39 is 0 Å². The standard InChI is InChI=1S/C26H30N2O3/c1-17(2)21-15-22-19(16-31-24(22)13-18(21)3)14-25(29)27-23-10-6-5-9-20(23)26(30)28-11-7-4-8-12-28/h5-6,9-10,13,15-17H,4,7-8,11-12,14H2,1-3H3,(H,27,29). The number of hydrogen-bond acceptors (Lipinski definition) is 3. The van der Waals surface area contributed by atoms with Crippen LogP contribution in [0.3, 0.4) is 0 Å². The number of carbonyl (C=O) groups excluding carboxylic acids is 2. The molecule has 1 N–H and O–H groups in total. The van der Waals surface area contributed by atoms with Crippen molar-refractivity contribution in [2.45, 2.75) is 52.4 Å². The summed E-state index contributed by atoms with van der Waals surface area (Å²) in [6.07, 6.45) is 5.09. The summed E-state index contributed by atoms with van der Waals surface area (Å²) in [5.74, 6) is 0.225. The molecule has 1 aliphatic rings. The predicted octanol–water partition coefficient (Wildman–Crippen LogP) is 5.67. The van der Waals surface area contributed by atoms with Crippen molar-refractivity contribution in [3.63, 3.8) is 0 Å². The van der Waals surface area contributed by atoms with Gasteiger partial charge in [0.25, 0.3) is 5.91 Å². The second-order valence-corrected chi connectivity index (χ2v) is 8.74. The molecular weight excluding hydrogens is 388 g/mol. The van der Waals surface area contributed by atoms with Gasteiger partial charge in [0.05, 0.1) is 23.9 Å². The van der Waals surface area contributed by atoms with Gasteiger partial charge in [-0.25, -0.2) is 0 Å². The van der Waals surface area contributed by atoms with E-state index >= 15 is 0 Å². The van der Waals surface area contributed by atoms with Crippen LogP contribution in [0.5, 0.6) is 0 Å². The summed E-state index contributed by atoms with van der Waals surface area (Å²) in [6, 6.07) is 11.4. The largest absolute Gasteiger partial charge is 0.464 e. The smallest absolute Gasteiger partial charge is 0.255 e. The Balaban J connectivity index is 1.53. The second kappa shape index (κ2) is 8.96. The molecular formula is C26H30N2O3. The first kappa shape index (κ1) is 21.2. The van der Waals surface area contributed by atoms with E-state index in [9.17, 15) is 9.59 Å². The molecule has 5 heteroatoms. The fourth-order valence-corrected chi connectivity index (χ4v) is 4.42. The molecule has 162 valence electrons. The third-order valence-electron chi connectivity index (χ3n) is 6.09. The van der Waals surface area contributed by atoms with Gasteiger partial charge in [0.15, 0.2) is 0 Å². The maximum Gasteiger partial charge on any atom is 0.255 e. The highest BCUT2D eigenvalue weighted by Crippen LogP contribution is 2.29. The first-order valence-electron chi connectivity index (χ1n) is 11.1. The Bertz CT molecular complexity index is 1110. The molecule has 31 heavy (non-hydrogen) atoms. The number of likely N-dealkylation sites (tertiary alicyclic amines) is 1. The van der Waals surface area contributed by atoms with Crippen LogP contribution < -0.4 is 5.32 Å². The van der Waals surface area contributed by atoms with Gasteiger partial charge in [-0.1, -0.05) is 26.0 Å². The fraction of sp³-hybridized carbons (Fsp3) is 0.385. The van der Waals surface area contributed by atoms with E-state index in [-0.39, 0.29) is 18.2 Å². The van der Waals surface area contributed by atoms with Crippen molar-refractivity contribution in [3.8, 4) is 0 Å². The molecule has 2 heterocycles. The van der Waals surface area contributed by atoms with E-state index in [2.05, 4.69) is 32.2 Å². The van der Waals surface area contributed by atoms with Gasteiger partial charge in [0, 0.05) is 24.0 Å². The van der Waals surface area contributed by atoms with Crippen LogP contribution in [-0.2, 0) is 11.2 Å². The van der Waals surface area contributed by atoms with E-state index in [1.54, 1.807) is 18.4 Å². The van der Waals surface area contributed by atoms with E-state index in [4.69, 9.17) is 4.42 Å². The highest BCUT2D eigenvalue weighted by molar-refractivity contribution is 6.04. The van der Waals surface area contributed by atoms with Crippen molar-refractivity contribution >= 4 is 28.5 Å². The Hall–Kier alpha value is -3.08. The van der Waals surface area contributed by atoms with Crippen molar-refractivity contribution in [2.24, 2.45) is 0 Å². The van der Waals surface area contributed by atoms with E-state index in [0.29, 0.717) is 17.2 Å². The maximum absolute atomic E-state index is 13.0. The lowest BCUT2D eigenvalue weighted by Gasteiger charge is -2.27. The van der Waals surface area contributed by atoms with Gasteiger partial charge in [-0.15, -0.1) is 0 Å². The molecule has 2 amide bonds. The molecule has 5 nitrogen and oxygen atoms in total. The zero-order valence-electron chi connectivity index (χ0n) is 18.5. The molecule has 0 unspecified atom stereocenters. The molecule has 2 aromatic carbocycles. The normalized spacial score (nSPS) is 14.3. The van der Waals surface area contributed by atoms with Gasteiger partial charge < -0.3 is 14.6 Å². The maximum atomic E-state index is 13.0. The molecule has 0 aliphatic carbocycles. The number of anilines is 1. The number of nitrogens with one attached hydrogen (secondary N) is 1. The van der Waals surface area contributed by atoms with Crippen molar-refractivity contribution in [1.29, 1.82) is 0 Å². The number of furan rings is 1. The number of aryl methyl sites for hydroxylation is 1. The molecule has 1 fully saturated rings. The monoisotopic (exact) mass is 418 g/mol. The second-order valence-electron chi connectivity index (χ2n) is 8.74. The minimum Gasteiger partial charge on any atom is -0.464 e. The molecule has 1 saturated heterocycles. The number of benzene rings is 2. The van der Waals surface area contributed by atoms with Crippen LogP contribution in [-0.4, -0.2) is 29.8 Å². The highest BCUT2D eigenvalue weighted by atomic mass is 16.3. The Morgan fingerprint density at radius 3 is 2.58 bits per heavy atom. The molecule has 1 aromatic heterocycles. The van der Waals surface area contributed by atoms with Crippen molar-refractivity contribution in [1.82, 2.24) is 4.90 Å². The molecule has 3 aromatic rings. The molecule has 0 radical (unpaired) electrons. The van der Waals surface area contributed by atoms with Crippen molar-refractivity contribution in [2.75, 3.05) is 18.4 Å². The van der Waals surface area contributed by atoms with Crippen LogP contribution >= 0.6 is 0 Å². The van der Waals surface area contributed by atoms with Gasteiger partial charge in [0.1, 0.15) is 5.58 Å². The number of fused-ring (bicyclic) bond motifs is 1. The Labute approximate surface area is 183 Å². The SMILES string of the molecule is Cc1cc2occ(CC(=O)Nc3ccccc3C(=O)N3CCCCC3)c2cc1C(C)C. The van der Waals surface area contributed by atoms with Gasteiger partial charge >= 0.3 is 0 Å². The summed E-state index contributed by atoms with van der Waals surface area (Å²) in [4.78, 5) is 27.8. The Kier molecular flexibility index (Phi) is 6.12. The van der Waals surface area contributed by atoms with Crippen LogP contribution in [0.15, 0.2) is 47.1 Å². The third-order valence-corrected chi connectivity index (χ3v) is 6.09. The lowest BCUT2D eigenvalue weighted by atomic mass is 9.95. The number of rotatable bonds is 5. The van der Waals surface area contributed by atoms with E-state index in [1.807, 2.05) is 23.1 Å². The molecule has 0 bridgehead atoms. The summed E-state index contributed by atoms with van der Waals surface area (Å²) in [5.41, 5.74) is 5.22. The van der Waals surface area contributed by atoms with Crippen molar-refractivity contribution in [3.05, 3.63) is 64.9 Å². The number of para-hydroxylation sites is 1. The summed E-state index contributed by atoms with van der Waals surface area (Å²) >= 11 is 0. The number of amides is 2. The molecule has 4 rings (SSSR count). The Morgan fingerprint density at radius 2 is 1.84 bits per heavy atom. The first-order valence-corrected chi connectivity index (χ1v) is 11.1. The summed E-state index contributed by atoms with van der Waals surface area (Å²) in [7, 11) is 0. The zero-order valence-corrected chi connectivity index (χ0v) is 18.5. The quantitative estimate of drug-likeness (QED) is 0.580. The minimum absolute atomic E-state index is 0.0126. The van der Waals surface area contributed by atoms with Crippen LogP contribution in [0.2, 0.25) is 0 Å². The third kappa shape index (κ3) is 4.50. The number of carbonyl (C=O) groups is 2. The van der Waals surface area contributed by atoms with Crippen molar-refractivity contribution < 1.29 is 14.0 Å². The topological polar surface area (TPSA) is 62.6 Å². The number of piperidine rings is 1. The highest BCUT2D eigenvalue weighted by Gasteiger charge is 2.21. The van der Waals surface area contributed by atoms with E-state index in [1.165, 1.54) is 17.5 Å². The average molecular weight is 419 g/mol. The first-order chi connectivity index (χ1) is 14.9. The zero-order chi connectivity index (χ0) is 22.0. The number of nitrogens with zero attached hydrogens (tertiary/aromatic N) is 1. The minimum atomic E-state index is -0.159. The summed E-state index contributed by atoms with van der Waals surface area (Å²) in [6.45, 7) is 7.97. The van der Waals surface area contributed by atoms with Gasteiger partial charge in [0.2, 0.25) is 5.91 Å². The van der Waals surface area contributed by atoms with Gasteiger partial charge in [-0.2, -0.15) is 0 Å². The molecule has 0 saturated carbocycles. The molecule has 0 atom stereocenters. The Morgan fingerprint density at radius 1 is 1.10 bits per heavy atom. The van der Waals surface area contributed by atoms with Crippen LogP contribution in [0.25, 0.3) is 11.0 Å². The molecule has 0 spiro atoms. The summed E-state index contributed by atoms with van der Waals surface area (Å²) in [5, 5.41) is 3.93. The van der Waals surface area contributed by atoms with Crippen LogP contribution in [0.4, 0.5) is 5.69 Å². The van der Waals surface area contributed by atoms with Crippen LogP contribution in [0, 0.1) is 6.92 Å². The summed E-state index contributed by atoms with van der Waals surface area (Å²) < 4.78 is 5.72. The lowest BCUT2D eigenvalue weighted by molar-refractivity contribution is -0.115. The van der Waals surface area contributed by atoms with Gasteiger partial charge in [-0.05, 0) is 67.5 Å². The number of hydrogen-bond donors (Lipinski definition) is 1. The fourth-order valence-electron chi connectivity index (χ4n) is 4.42. The lowest BCUT2D eigenvalue weighted by Crippen LogP contribution is -2.36. The van der Waals surface area contributed by atoms with E-state index in [0.717, 1.165) is 42.5 Å². The van der Waals surface area contributed by atoms with Crippen LogP contribution in [0.1, 0.15) is 66.1 Å². The van der Waals surface area contributed by atoms with Gasteiger partial charge in [-0.3, -0.25) is 9.59 Å². The average Bonchev–Trinajstić information content (AvgIpc) is 3.14. The predicted molar refractivity (Wildman–Crippen MR) is 124 cm³/mol. The molecule has 1 aliphatic heterocycles.